The number of hydrogen-bond donors (Lipinski definition) is 2. The molecule has 4 nitrogen and oxygen atoms in total. The molecule has 0 aliphatic heterocycles. The molecule has 1 atom stereocenters. The first-order valence-electron chi connectivity index (χ1n) is 3.07. The zero-order valence-electron chi connectivity index (χ0n) is 5.92. The molecule has 5 heteroatoms. The Morgan fingerprint density at radius 3 is 2.73 bits per heavy atom. The minimum absolute atomic E-state index is 0. The lowest BCUT2D eigenvalue weighted by Crippen LogP contribution is -2.18. The Morgan fingerprint density at radius 1 is 1.55 bits per heavy atom. The minimum atomic E-state index is -0.686. The molecule has 0 radical (unpaired) electrons. The average Bonchev–Trinajstić information content (AvgIpc) is 2.40. The number of halogens is 1. The normalized spacial score (nSPS) is 12.2. The third kappa shape index (κ3) is 3.36. The van der Waals surface area contributed by atoms with Gasteiger partial charge in [-0.05, 0) is 0 Å². The van der Waals surface area contributed by atoms with Crippen LogP contribution in [0, 0.1) is 0 Å². The molecule has 0 aliphatic rings. The number of nitrogens with zero attached hydrogens (tertiary/aromatic N) is 2. The molecular formula is C6H11ClN2O2. The second-order valence-corrected chi connectivity index (χ2v) is 2.10. The Bertz CT molecular complexity index is 179. The van der Waals surface area contributed by atoms with E-state index in [4.69, 9.17) is 10.2 Å². The first-order chi connectivity index (χ1) is 4.83. The van der Waals surface area contributed by atoms with Crippen LogP contribution < -0.4 is 0 Å². The number of aromatic nitrogens is 2. The first-order valence-corrected chi connectivity index (χ1v) is 3.07. The highest BCUT2D eigenvalue weighted by molar-refractivity contribution is 5.85. The van der Waals surface area contributed by atoms with Gasteiger partial charge in [-0.25, -0.2) is 4.98 Å². The molecule has 1 heterocycles. The maximum Gasteiger partial charge on any atom is 0.0949 e. The van der Waals surface area contributed by atoms with Crippen LogP contribution in [0.1, 0.15) is 0 Å². The van der Waals surface area contributed by atoms with Gasteiger partial charge in [0.25, 0.3) is 0 Å². The molecule has 1 unspecified atom stereocenters. The summed E-state index contributed by atoms with van der Waals surface area (Å²) in [4.78, 5) is 3.78. The summed E-state index contributed by atoms with van der Waals surface area (Å²) in [6, 6.07) is 0. The summed E-state index contributed by atoms with van der Waals surface area (Å²) in [5, 5.41) is 17.4. The fourth-order valence-electron chi connectivity index (χ4n) is 0.696. The van der Waals surface area contributed by atoms with E-state index in [1.807, 2.05) is 0 Å². The third-order valence-electron chi connectivity index (χ3n) is 1.19. The van der Waals surface area contributed by atoms with Crippen molar-refractivity contribution < 1.29 is 10.2 Å². The van der Waals surface area contributed by atoms with Gasteiger partial charge in [0.2, 0.25) is 0 Å². The van der Waals surface area contributed by atoms with Crippen LogP contribution in [-0.2, 0) is 6.54 Å². The van der Waals surface area contributed by atoms with E-state index in [1.54, 1.807) is 23.3 Å². The molecule has 11 heavy (non-hydrogen) atoms. The zero-order chi connectivity index (χ0) is 7.40. The second-order valence-electron chi connectivity index (χ2n) is 2.10. The smallest absolute Gasteiger partial charge is 0.0949 e. The van der Waals surface area contributed by atoms with E-state index in [-0.39, 0.29) is 19.0 Å². The molecule has 0 fully saturated rings. The number of hydrogen-bond acceptors (Lipinski definition) is 3. The van der Waals surface area contributed by atoms with Gasteiger partial charge in [-0.3, -0.25) is 0 Å². The largest absolute Gasteiger partial charge is 0.394 e. The summed E-state index contributed by atoms with van der Waals surface area (Å²) in [6.07, 6.45) is 4.27. The van der Waals surface area contributed by atoms with E-state index >= 15 is 0 Å². The molecule has 64 valence electrons. The number of aliphatic hydroxyl groups excluding tert-OH is 2. The predicted octanol–water partition coefficient (Wildman–Crippen LogP) is -0.342. The molecule has 0 saturated heterocycles. The second kappa shape index (κ2) is 5.12. The van der Waals surface area contributed by atoms with Crippen LogP contribution >= 0.6 is 12.4 Å². The SMILES string of the molecule is Cl.OCC(O)Cn1ccnc1. The molecule has 0 aromatic carbocycles. The topological polar surface area (TPSA) is 58.3 Å². The van der Waals surface area contributed by atoms with Crippen molar-refractivity contribution in [3.63, 3.8) is 0 Å². The van der Waals surface area contributed by atoms with Gasteiger partial charge in [-0.2, -0.15) is 0 Å². The lowest BCUT2D eigenvalue weighted by atomic mass is 10.4. The summed E-state index contributed by atoms with van der Waals surface area (Å²) >= 11 is 0. The molecule has 1 aromatic rings. The Labute approximate surface area is 70.9 Å². The van der Waals surface area contributed by atoms with Gasteiger partial charge < -0.3 is 14.8 Å². The van der Waals surface area contributed by atoms with E-state index in [9.17, 15) is 0 Å². The van der Waals surface area contributed by atoms with Crippen LogP contribution in [0.3, 0.4) is 0 Å². The van der Waals surface area contributed by atoms with Crippen molar-refractivity contribution in [1.82, 2.24) is 9.55 Å². The zero-order valence-corrected chi connectivity index (χ0v) is 6.74. The monoisotopic (exact) mass is 178 g/mol. The van der Waals surface area contributed by atoms with Crippen molar-refractivity contribution in [2.24, 2.45) is 0 Å². The van der Waals surface area contributed by atoms with E-state index < -0.39 is 6.10 Å². The van der Waals surface area contributed by atoms with Crippen molar-refractivity contribution in [3.8, 4) is 0 Å². The molecule has 2 N–H and O–H groups in total. The molecule has 0 saturated carbocycles. The van der Waals surface area contributed by atoms with Crippen LogP contribution in [-0.4, -0.2) is 32.5 Å². The van der Waals surface area contributed by atoms with Gasteiger partial charge in [0, 0.05) is 12.4 Å². The lowest BCUT2D eigenvalue weighted by molar-refractivity contribution is 0.0812. The van der Waals surface area contributed by atoms with Crippen molar-refractivity contribution in [2.45, 2.75) is 12.6 Å². The molecule has 1 aromatic heterocycles. The van der Waals surface area contributed by atoms with E-state index in [0.29, 0.717) is 6.54 Å². The molecule has 0 bridgehead atoms. The van der Waals surface area contributed by atoms with Crippen molar-refractivity contribution in [3.05, 3.63) is 18.7 Å². The van der Waals surface area contributed by atoms with E-state index in [1.165, 1.54) is 0 Å². The molecular weight excluding hydrogens is 168 g/mol. The predicted molar refractivity (Wildman–Crippen MR) is 42.6 cm³/mol. The molecule has 0 spiro atoms. The first kappa shape index (κ1) is 10.4. The summed E-state index contributed by atoms with van der Waals surface area (Å²) in [5.41, 5.74) is 0. The van der Waals surface area contributed by atoms with Gasteiger partial charge in [0.1, 0.15) is 0 Å². The third-order valence-corrected chi connectivity index (χ3v) is 1.19. The molecule has 0 aliphatic carbocycles. The van der Waals surface area contributed by atoms with Crippen molar-refractivity contribution in [1.29, 1.82) is 0 Å². The van der Waals surface area contributed by atoms with E-state index in [0.717, 1.165) is 0 Å². The average molecular weight is 179 g/mol. The summed E-state index contributed by atoms with van der Waals surface area (Å²) < 4.78 is 1.71. The van der Waals surface area contributed by atoms with Gasteiger partial charge in [0.15, 0.2) is 0 Å². The maximum absolute atomic E-state index is 8.93. The van der Waals surface area contributed by atoms with Crippen molar-refractivity contribution >= 4 is 12.4 Å². The van der Waals surface area contributed by atoms with Crippen LogP contribution in [0.4, 0.5) is 0 Å². The Balaban J connectivity index is 0.000001000. The van der Waals surface area contributed by atoms with Crippen LogP contribution in [0.2, 0.25) is 0 Å². The van der Waals surface area contributed by atoms with Gasteiger partial charge in [-0.1, -0.05) is 0 Å². The van der Waals surface area contributed by atoms with Gasteiger partial charge >= 0.3 is 0 Å². The standard InChI is InChI=1S/C6H10N2O2.ClH/c9-4-6(10)3-8-2-1-7-5-8;/h1-2,5-6,9-10H,3-4H2;1H. The maximum atomic E-state index is 8.93. The van der Waals surface area contributed by atoms with Crippen LogP contribution in [0.15, 0.2) is 18.7 Å². The van der Waals surface area contributed by atoms with Crippen molar-refractivity contribution in [2.75, 3.05) is 6.61 Å². The summed E-state index contributed by atoms with van der Waals surface area (Å²) in [7, 11) is 0. The highest BCUT2D eigenvalue weighted by atomic mass is 35.5. The molecule has 0 amide bonds. The fourth-order valence-corrected chi connectivity index (χ4v) is 0.696. The molecule has 1 rings (SSSR count). The fraction of sp³-hybridized carbons (Fsp3) is 0.500. The van der Waals surface area contributed by atoms with Crippen LogP contribution in [0.5, 0.6) is 0 Å². The Hall–Kier alpha value is -0.580. The Kier molecular flexibility index (Phi) is 4.85. The van der Waals surface area contributed by atoms with E-state index in [2.05, 4.69) is 4.98 Å². The van der Waals surface area contributed by atoms with Gasteiger partial charge in [0.05, 0.1) is 25.6 Å². The van der Waals surface area contributed by atoms with Gasteiger partial charge in [-0.15, -0.1) is 12.4 Å². The highest BCUT2D eigenvalue weighted by Crippen LogP contribution is 1.89. The summed E-state index contributed by atoms with van der Waals surface area (Å²) in [5.74, 6) is 0. The number of aliphatic hydroxyl groups is 2. The van der Waals surface area contributed by atoms with Crippen LogP contribution in [0.25, 0.3) is 0 Å². The number of imidazole rings is 1. The quantitative estimate of drug-likeness (QED) is 0.666. The minimum Gasteiger partial charge on any atom is -0.394 e. The lowest BCUT2D eigenvalue weighted by Gasteiger charge is -2.05. The summed E-state index contributed by atoms with van der Waals surface area (Å²) in [6.45, 7) is 0.189. The number of rotatable bonds is 3. The highest BCUT2D eigenvalue weighted by Gasteiger charge is 2.00. The Morgan fingerprint density at radius 2 is 2.27 bits per heavy atom.